The number of ether oxygens (including phenoxy) is 2. The summed E-state index contributed by atoms with van der Waals surface area (Å²) in [7, 11) is 1.21. The first-order chi connectivity index (χ1) is 7.93. The van der Waals surface area contributed by atoms with E-state index in [1.165, 1.54) is 19.2 Å². The average Bonchev–Trinajstić information content (AvgIpc) is 2.26. The van der Waals surface area contributed by atoms with Crippen LogP contribution in [0, 0.1) is 10.1 Å². The molecule has 0 amide bonds. The molecule has 0 atom stereocenters. The Morgan fingerprint density at radius 3 is 2.47 bits per heavy atom. The lowest BCUT2D eigenvalue weighted by Gasteiger charge is -2.10. The quantitative estimate of drug-likeness (QED) is 0.457. The first-order valence-corrected chi connectivity index (χ1v) is 4.98. The summed E-state index contributed by atoms with van der Waals surface area (Å²) in [5, 5.41) is 10.7. The molecule has 6 nitrogen and oxygen atoms in total. The smallest absolute Gasteiger partial charge is 0.338 e. The minimum atomic E-state index is -0.637. The Kier molecular flexibility index (Phi) is 4.03. The number of benzene rings is 1. The van der Waals surface area contributed by atoms with E-state index in [-0.39, 0.29) is 23.1 Å². The van der Waals surface area contributed by atoms with E-state index in [2.05, 4.69) is 4.74 Å². The molecular formula is C11H13NO5. The van der Waals surface area contributed by atoms with Crippen molar-refractivity contribution >= 4 is 11.7 Å². The molecule has 6 heteroatoms. The van der Waals surface area contributed by atoms with E-state index in [9.17, 15) is 14.9 Å². The van der Waals surface area contributed by atoms with Crippen LogP contribution in [0.3, 0.4) is 0 Å². The fourth-order valence-corrected chi connectivity index (χ4v) is 1.26. The second kappa shape index (κ2) is 5.29. The van der Waals surface area contributed by atoms with E-state index in [4.69, 9.17) is 4.74 Å². The van der Waals surface area contributed by atoms with Crippen LogP contribution in [-0.2, 0) is 4.74 Å². The summed E-state index contributed by atoms with van der Waals surface area (Å²) in [6.45, 7) is 3.58. The van der Waals surface area contributed by atoms with Gasteiger partial charge in [-0.3, -0.25) is 10.1 Å². The Morgan fingerprint density at radius 1 is 1.35 bits per heavy atom. The summed E-state index contributed by atoms with van der Waals surface area (Å²) >= 11 is 0. The van der Waals surface area contributed by atoms with Crippen molar-refractivity contribution in [2.45, 2.75) is 20.0 Å². The van der Waals surface area contributed by atoms with E-state index in [0.29, 0.717) is 0 Å². The third-order valence-corrected chi connectivity index (χ3v) is 1.89. The monoisotopic (exact) mass is 239 g/mol. The molecule has 1 aromatic rings. The minimum absolute atomic E-state index is 0.0948. The maximum atomic E-state index is 11.3. The Hall–Kier alpha value is -2.11. The SMILES string of the molecule is COC(=O)c1cc(OC(C)C)cc([N+](=O)[O-])c1. The van der Waals surface area contributed by atoms with Crippen molar-refractivity contribution in [2.75, 3.05) is 7.11 Å². The van der Waals surface area contributed by atoms with Crippen LogP contribution in [-0.4, -0.2) is 24.1 Å². The molecule has 0 bridgehead atoms. The molecular weight excluding hydrogens is 226 g/mol. The molecule has 0 spiro atoms. The highest BCUT2D eigenvalue weighted by atomic mass is 16.6. The predicted octanol–water partition coefficient (Wildman–Crippen LogP) is 2.17. The van der Waals surface area contributed by atoms with Gasteiger partial charge >= 0.3 is 5.97 Å². The van der Waals surface area contributed by atoms with Gasteiger partial charge in [0.1, 0.15) is 5.75 Å². The molecule has 1 aromatic carbocycles. The van der Waals surface area contributed by atoms with Gasteiger partial charge in [-0.15, -0.1) is 0 Å². The fraction of sp³-hybridized carbons (Fsp3) is 0.364. The van der Waals surface area contributed by atoms with Gasteiger partial charge in [0, 0.05) is 6.07 Å². The third-order valence-electron chi connectivity index (χ3n) is 1.89. The Labute approximate surface area is 98.3 Å². The average molecular weight is 239 g/mol. The molecule has 0 fully saturated rings. The van der Waals surface area contributed by atoms with E-state index in [0.717, 1.165) is 6.07 Å². The van der Waals surface area contributed by atoms with Crippen molar-refractivity contribution in [1.82, 2.24) is 0 Å². The van der Waals surface area contributed by atoms with Gasteiger partial charge in [0.25, 0.3) is 5.69 Å². The molecule has 0 aromatic heterocycles. The minimum Gasteiger partial charge on any atom is -0.491 e. The van der Waals surface area contributed by atoms with Crippen LogP contribution in [0.4, 0.5) is 5.69 Å². The molecule has 0 unspecified atom stereocenters. The first kappa shape index (κ1) is 13.0. The summed E-state index contributed by atoms with van der Waals surface area (Å²) in [4.78, 5) is 21.4. The first-order valence-electron chi connectivity index (χ1n) is 4.98. The molecule has 0 saturated heterocycles. The molecule has 17 heavy (non-hydrogen) atoms. The van der Waals surface area contributed by atoms with Gasteiger partial charge in [-0.1, -0.05) is 0 Å². The van der Waals surface area contributed by atoms with Gasteiger partial charge < -0.3 is 9.47 Å². The van der Waals surface area contributed by atoms with Crippen LogP contribution in [0.1, 0.15) is 24.2 Å². The van der Waals surface area contributed by atoms with Gasteiger partial charge in [-0.2, -0.15) is 0 Å². The number of carbonyl (C=O) groups excluding carboxylic acids is 1. The van der Waals surface area contributed by atoms with E-state index in [1.807, 2.05) is 0 Å². The number of nitro groups is 1. The summed E-state index contributed by atoms with van der Waals surface area (Å²) in [6.07, 6.45) is -0.137. The molecule has 0 saturated carbocycles. The van der Waals surface area contributed by atoms with Crippen molar-refractivity contribution in [2.24, 2.45) is 0 Å². The van der Waals surface area contributed by atoms with Crippen LogP contribution in [0.15, 0.2) is 18.2 Å². The summed E-state index contributed by atoms with van der Waals surface area (Å²) in [5.41, 5.74) is -0.110. The number of methoxy groups -OCH3 is 1. The zero-order chi connectivity index (χ0) is 13.0. The van der Waals surface area contributed by atoms with Gasteiger partial charge in [0.05, 0.1) is 29.8 Å². The highest BCUT2D eigenvalue weighted by Gasteiger charge is 2.16. The zero-order valence-corrected chi connectivity index (χ0v) is 9.80. The van der Waals surface area contributed by atoms with Crippen molar-refractivity contribution in [1.29, 1.82) is 0 Å². The molecule has 0 aliphatic carbocycles. The van der Waals surface area contributed by atoms with Crippen LogP contribution in [0.25, 0.3) is 0 Å². The summed E-state index contributed by atoms with van der Waals surface area (Å²) in [6, 6.07) is 3.84. The maximum absolute atomic E-state index is 11.3. The largest absolute Gasteiger partial charge is 0.491 e. The Bertz CT molecular complexity index is 441. The molecule has 0 aliphatic rings. The second-order valence-electron chi connectivity index (χ2n) is 3.63. The highest BCUT2D eigenvalue weighted by molar-refractivity contribution is 5.90. The number of esters is 1. The van der Waals surface area contributed by atoms with Gasteiger partial charge in [-0.05, 0) is 19.9 Å². The lowest BCUT2D eigenvalue weighted by molar-refractivity contribution is -0.385. The number of carbonyl (C=O) groups is 1. The second-order valence-corrected chi connectivity index (χ2v) is 3.63. The lowest BCUT2D eigenvalue weighted by atomic mass is 10.2. The standard InChI is InChI=1S/C11H13NO5/c1-7(2)17-10-5-8(11(13)16-3)4-9(6-10)12(14)15/h4-7H,1-3H3. The van der Waals surface area contributed by atoms with E-state index >= 15 is 0 Å². The molecule has 0 radical (unpaired) electrons. The number of rotatable bonds is 4. The van der Waals surface area contributed by atoms with Crippen LogP contribution >= 0.6 is 0 Å². The third kappa shape index (κ3) is 3.44. The highest BCUT2D eigenvalue weighted by Crippen LogP contribution is 2.24. The summed E-state index contributed by atoms with van der Waals surface area (Å²) in [5.74, 6) is -0.364. The fourth-order valence-electron chi connectivity index (χ4n) is 1.26. The zero-order valence-electron chi connectivity index (χ0n) is 9.80. The topological polar surface area (TPSA) is 78.7 Å². The lowest BCUT2D eigenvalue weighted by Crippen LogP contribution is -2.08. The van der Waals surface area contributed by atoms with Gasteiger partial charge in [-0.25, -0.2) is 4.79 Å². The van der Waals surface area contributed by atoms with Crippen molar-refractivity contribution in [3.05, 3.63) is 33.9 Å². The molecule has 1 rings (SSSR count). The number of nitrogens with zero attached hydrogens (tertiary/aromatic N) is 1. The molecule has 92 valence electrons. The van der Waals surface area contributed by atoms with Gasteiger partial charge in [0.15, 0.2) is 0 Å². The number of hydrogen-bond acceptors (Lipinski definition) is 5. The van der Waals surface area contributed by atoms with Crippen molar-refractivity contribution in [3.63, 3.8) is 0 Å². The van der Waals surface area contributed by atoms with Crippen molar-refractivity contribution in [3.8, 4) is 5.75 Å². The maximum Gasteiger partial charge on any atom is 0.338 e. The Morgan fingerprint density at radius 2 is 2.00 bits per heavy atom. The number of non-ortho nitro benzene ring substituents is 1. The number of nitro benzene ring substituents is 1. The Balaban J connectivity index is 3.18. The van der Waals surface area contributed by atoms with Gasteiger partial charge in [0.2, 0.25) is 0 Å². The number of hydrogen-bond donors (Lipinski definition) is 0. The van der Waals surface area contributed by atoms with E-state index < -0.39 is 10.9 Å². The van der Waals surface area contributed by atoms with Crippen LogP contribution in [0.5, 0.6) is 5.75 Å². The molecule has 0 heterocycles. The van der Waals surface area contributed by atoms with E-state index in [1.54, 1.807) is 13.8 Å². The van der Waals surface area contributed by atoms with Crippen LogP contribution < -0.4 is 4.74 Å². The van der Waals surface area contributed by atoms with Crippen molar-refractivity contribution < 1.29 is 19.2 Å². The summed E-state index contributed by atoms with van der Waals surface area (Å²) < 4.78 is 9.84. The van der Waals surface area contributed by atoms with Crippen LogP contribution in [0.2, 0.25) is 0 Å². The predicted molar refractivity (Wildman–Crippen MR) is 60.2 cm³/mol. The molecule has 0 N–H and O–H groups in total. The molecule has 0 aliphatic heterocycles. The normalized spacial score (nSPS) is 10.1.